The maximum absolute atomic E-state index is 12.5. The van der Waals surface area contributed by atoms with Crippen molar-refractivity contribution in [2.24, 2.45) is 0 Å². The molecule has 0 saturated carbocycles. The zero-order chi connectivity index (χ0) is 14.4. The highest BCUT2D eigenvalue weighted by Gasteiger charge is 2.46. The van der Waals surface area contributed by atoms with Crippen LogP contribution >= 0.6 is 11.8 Å². The van der Waals surface area contributed by atoms with E-state index in [2.05, 4.69) is 24.4 Å². The van der Waals surface area contributed by atoms with Crippen LogP contribution in [-0.2, 0) is 16.1 Å². The molecule has 1 N–H and O–H groups in total. The molecule has 20 heavy (non-hydrogen) atoms. The largest absolute Gasteiger partial charge is 0.465 e. The van der Waals surface area contributed by atoms with Crippen LogP contribution < -0.4 is 5.32 Å². The molecule has 110 valence electrons. The maximum atomic E-state index is 12.5. The molecule has 1 aromatic rings. The first kappa shape index (κ1) is 15.4. The maximum Gasteiger partial charge on any atom is 0.327 e. The van der Waals surface area contributed by atoms with Crippen molar-refractivity contribution in [3.63, 3.8) is 0 Å². The zero-order valence-electron chi connectivity index (χ0n) is 12.2. The van der Waals surface area contributed by atoms with E-state index in [1.54, 1.807) is 0 Å². The zero-order valence-corrected chi connectivity index (χ0v) is 13.0. The van der Waals surface area contributed by atoms with E-state index in [4.69, 9.17) is 4.74 Å². The first-order valence-electron chi connectivity index (χ1n) is 7.27. The summed E-state index contributed by atoms with van der Waals surface area (Å²) >= 11 is 1.85. The average Bonchev–Trinajstić information content (AvgIpc) is 2.48. The van der Waals surface area contributed by atoms with Crippen molar-refractivity contribution in [1.82, 2.24) is 5.32 Å². The summed E-state index contributed by atoms with van der Waals surface area (Å²) in [6.07, 6.45) is 1.91. The van der Waals surface area contributed by atoms with E-state index in [0.29, 0.717) is 13.2 Å². The van der Waals surface area contributed by atoms with Crippen LogP contribution in [0.15, 0.2) is 30.3 Å². The molecular formula is C16H23NO2S. The fraction of sp³-hybridized carbons (Fsp3) is 0.562. The van der Waals surface area contributed by atoms with Crippen LogP contribution in [0.25, 0.3) is 0 Å². The summed E-state index contributed by atoms with van der Waals surface area (Å²) in [4.78, 5) is 12.5. The Morgan fingerprint density at radius 3 is 2.85 bits per heavy atom. The second-order valence-corrected chi connectivity index (χ2v) is 6.60. The molecule has 0 bridgehead atoms. The van der Waals surface area contributed by atoms with E-state index in [1.807, 2.05) is 36.9 Å². The molecule has 1 heterocycles. The number of esters is 1. The Balaban J connectivity index is 2.12. The van der Waals surface area contributed by atoms with Crippen molar-refractivity contribution in [3.05, 3.63) is 35.9 Å². The third-order valence-corrected chi connectivity index (χ3v) is 5.29. The number of thioether (sulfide) groups is 1. The SMILES string of the molecule is CCOC(=O)C1(NCc2ccccc2)CCCSC1C. The second kappa shape index (κ2) is 7.14. The highest BCUT2D eigenvalue weighted by atomic mass is 32.2. The molecule has 4 heteroatoms. The minimum absolute atomic E-state index is 0.101. The molecule has 1 saturated heterocycles. The molecular weight excluding hydrogens is 270 g/mol. The number of rotatable bonds is 5. The van der Waals surface area contributed by atoms with Gasteiger partial charge in [-0.3, -0.25) is 10.1 Å². The van der Waals surface area contributed by atoms with Gasteiger partial charge in [-0.25, -0.2) is 0 Å². The highest BCUT2D eigenvalue weighted by Crippen LogP contribution is 2.35. The van der Waals surface area contributed by atoms with Crippen molar-refractivity contribution in [1.29, 1.82) is 0 Å². The van der Waals surface area contributed by atoms with Crippen LogP contribution in [0.2, 0.25) is 0 Å². The summed E-state index contributed by atoms with van der Waals surface area (Å²) in [6, 6.07) is 10.2. The van der Waals surface area contributed by atoms with E-state index < -0.39 is 5.54 Å². The summed E-state index contributed by atoms with van der Waals surface area (Å²) in [6.45, 7) is 5.12. The molecule has 2 atom stereocenters. The van der Waals surface area contributed by atoms with Crippen LogP contribution in [0.3, 0.4) is 0 Å². The van der Waals surface area contributed by atoms with Crippen molar-refractivity contribution in [2.75, 3.05) is 12.4 Å². The van der Waals surface area contributed by atoms with E-state index in [1.165, 1.54) is 5.56 Å². The topological polar surface area (TPSA) is 38.3 Å². The van der Waals surface area contributed by atoms with Gasteiger partial charge in [-0.2, -0.15) is 11.8 Å². The smallest absolute Gasteiger partial charge is 0.327 e. The molecule has 3 nitrogen and oxygen atoms in total. The number of carbonyl (C=O) groups excluding carboxylic acids is 1. The average molecular weight is 293 g/mol. The molecule has 2 rings (SSSR count). The molecule has 2 unspecified atom stereocenters. The normalized spacial score (nSPS) is 26.2. The Morgan fingerprint density at radius 1 is 1.45 bits per heavy atom. The summed E-state index contributed by atoms with van der Waals surface area (Å²) in [5.74, 6) is 1.02. The van der Waals surface area contributed by atoms with Gasteiger partial charge >= 0.3 is 5.97 Å². The fourth-order valence-corrected chi connectivity index (χ4v) is 3.89. The molecule has 0 spiro atoms. The third kappa shape index (κ3) is 3.36. The number of carbonyl (C=O) groups is 1. The highest BCUT2D eigenvalue weighted by molar-refractivity contribution is 8.00. The summed E-state index contributed by atoms with van der Waals surface area (Å²) in [5.41, 5.74) is 0.647. The van der Waals surface area contributed by atoms with Crippen molar-refractivity contribution >= 4 is 17.7 Å². The molecule has 0 amide bonds. The number of hydrogen-bond acceptors (Lipinski definition) is 4. The Bertz CT molecular complexity index is 437. The lowest BCUT2D eigenvalue weighted by atomic mass is 9.89. The van der Waals surface area contributed by atoms with Gasteiger partial charge in [-0.1, -0.05) is 37.3 Å². The van der Waals surface area contributed by atoms with Gasteiger partial charge in [0.15, 0.2) is 0 Å². The molecule has 1 aliphatic rings. The predicted molar refractivity (Wildman–Crippen MR) is 83.8 cm³/mol. The number of benzene rings is 1. The number of ether oxygens (including phenoxy) is 1. The van der Waals surface area contributed by atoms with Crippen LogP contribution in [0.5, 0.6) is 0 Å². The van der Waals surface area contributed by atoms with Gasteiger partial charge in [0.2, 0.25) is 0 Å². The molecule has 1 aromatic carbocycles. The van der Waals surface area contributed by atoms with Crippen molar-refractivity contribution in [2.45, 2.75) is 44.0 Å². The third-order valence-electron chi connectivity index (χ3n) is 3.87. The molecule has 1 fully saturated rings. The van der Waals surface area contributed by atoms with E-state index in [0.717, 1.165) is 18.6 Å². The molecule has 0 aromatic heterocycles. The van der Waals surface area contributed by atoms with Crippen molar-refractivity contribution < 1.29 is 9.53 Å². The van der Waals surface area contributed by atoms with E-state index in [9.17, 15) is 4.79 Å². The van der Waals surface area contributed by atoms with Crippen molar-refractivity contribution in [3.8, 4) is 0 Å². The Labute approximate surface area is 125 Å². The van der Waals surface area contributed by atoms with E-state index >= 15 is 0 Å². The van der Waals surface area contributed by atoms with Crippen LogP contribution in [0.1, 0.15) is 32.3 Å². The van der Waals surface area contributed by atoms with E-state index in [-0.39, 0.29) is 11.2 Å². The number of nitrogens with one attached hydrogen (secondary N) is 1. The quantitative estimate of drug-likeness (QED) is 0.847. The Hall–Kier alpha value is -1.00. The minimum Gasteiger partial charge on any atom is -0.465 e. The molecule has 0 aliphatic carbocycles. The Kier molecular flexibility index (Phi) is 5.49. The first-order valence-corrected chi connectivity index (χ1v) is 8.31. The van der Waals surface area contributed by atoms with Gasteiger partial charge in [0.1, 0.15) is 5.54 Å². The summed E-state index contributed by atoms with van der Waals surface area (Å²) in [5, 5.41) is 3.73. The van der Waals surface area contributed by atoms with Gasteiger partial charge < -0.3 is 4.74 Å². The monoisotopic (exact) mass is 293 g/mol. The van der Waals surface area contributed by atoms with Gasteiger partial charge in [0.25, 0.3) is 0 Å². The minimum atomic E-state index is -0.547. The van der Waals surface area contributed by atoms with Crippen LogP contribution in [0.4, 0.5) is 0 Å². The van der Waals surface area contributed by atoms with Crippen LogP contribution in [0, 0.1) is 0 Å². The fourth-order valence-electron chi connectivity index (χ4n) is 2.64. The lowest BCUT2D eigenvalue weighted by Gasteiger charge is -2.40. The summed E-state index contributed by atoms with van der Waals surface area (Å²) in [7, 11) is 0. The number of hydrogen-bond donors (Lipinski definition) is 1. The second-order valence-electron chi connectivity index (χ2n) is 5.15. The van der Waals surface area contributed by atoms with Gasteiger partial charge in [0.05, 0.1) is 6.61 Å². The summed E-state index contributed by atoms with van der Waals surface area (Å²) < 4.78 is 5.33. The molecule has 1 aliphatic heterocycles. The standard InChI is InChI=1S/C16H23NO2S/c1-3-19-15(18)16(10-7-11-20-13(16)2)17-12-14-8-5-4-6-9-14/h4-6,8-9,13,17H,3,7,10-12H2,1-2H3. The molecule has 0 radical (unpaired) electrons. The van der Waals surface area contributed by atoms with Gasteiger partial charge in [-0.05, 0) is 31.1 Å². The van der Waals surface area contributed by atoms with Crippen LogP contribution in [-0.4, -0.2) is 29.1 Å². The lowest BCUT2D eigenvalue weighted by molar-refractivity contribution is -0.151. The predicted octanol–water partition coefficient (Wildman–Crippen LogP) is 2.99. The van der Waals surface area contributed by atoms with Gasteiger partial charge in [0, 0.05) is 11.8 Å². The Morgan fingerprint density at radius 2 is 2.20 bits per heavy atom. The van der Waals surface area contributed by atoms with Gasteiger partial charge in [-0.15, -0.1) is 0 Å². The first-order chi connectivity index (χ1) is 9.69. The lowest BCUT2D eigenvalue weighted by Crippen LogP contribution is -2.60.